The number of hydrogen-bond donors (Lipinski definition) is 1. The van der Waals surface area contributed by atoms with Gasteiger partial charge < -0.3 is 10.6 Å². The van der Waals surface area contributed by atoms with E-state index in [1.165, 1.54) is 12.8 Å². The Hall–Kier alpha value is -0.610. The van der Waals surface area contributed by atoms with Gasteiger partial charge in [0, 0.05) is 45.2 Å². The second kappa shape index (κ2) is 4.28. The van der Waals surface area contributed by atoms with Crippen LogP contribution in [0.2, 0.25) is 0 Å². The van der Waals surface area contributed by atoms with E-state index in [1.807, 2.05) is 0 Å². The molecule has 0 saturated carbocycles. The molecule has 2 saturated heterocycles. The molecule has 1 amide bonds. The Morgan fingerprint density at radius 2 is 2.29 bits per heavy atom. The topological polar surface area (TPSA) is 49.6 Å². The van der Waals surface area contributed by atoms with Crippen LogP contribution < -0.4 is 5.73 Å². The standard InChI is InChI=1S/C10H19N3O/c11-4-7-12-6-3-10(14)13-5-1-2-9(13)8-12/h9H,1-8,11H2. The van der Waals surface area contributed by atoms with Crippen LogP contribution in [0, 0.1) is 0 Å². The monoisotopic (exact) mass is 197 g/mol. The number of carbonyl (C=O) groups is 1. The molecular weight excluding hydrogens is 178 g/mol. The molecule has 0 aromatic carbocycles. The number of hydrogen-bond acceptors (Lipinski definition) is 3. The van der Waals surface area contributed by atoms with Crippen molar-refractivity contribution in [1.29, 1.82) is 0 Å². The fraction of sp³-hybridized carbons (Fsp3) is 0.900. The summed E-state index contributed by atoms with van der Waals surface area (Å²) < 4.78 is 0. The summed E-state index contributed by atoms with van der Waals surface area (Å²) in [5.74, 6) is 0.340. The first-order valence-electron chi connectivity index (χ1n) is 5.53. The van der Waals surface area contributed by atoms with Gasteiger partial charge in [-0.05, 0) is 12.8 Å². The molecule has 2 N–H and O–H groups in total. The van der Waals surface area contributed by atoms with E-state index in [0.29, 0.717) is 24.9 Å². The number of rotatable bonds is 2. The summed E-state index contributed by atoms with van der Waals surface area (Å²) in [5.41, 5.74) is 5.54. The van der Waals surface area contributed by atoms with Crippen molar-refractivity contribution in [3.05, 3.63) is 0 Å². The lowest BCUT2D eigenvalue weighted by Gasteiger charge is -2.25. The van der Waals surface area contributed by atoms with Crippen molar-refractivity contribution in [3.63, 3.8) is 0 Å². The van der Waals surface area contributed by atoms with Gasteiger partial charge in [0.2, 0.25) is 5.91 Å². The van der Waals surface area contributed by atoms with E-state index in [-0.39, 0.29) is 0 Å². The van der Waals surface area contributed by atoms with E-state index in [2.05, 4.69) is 9.80 Å². The molecule has 0 aromatic rings. The van der Waals surface area contributed by atoms with Gasteiger partial charge in [0.1, 0.15) is 0 Å². The highest BCUT2D eigenvalue weighted by atomic mass is 16.2. The van der Waals surface area contributed by atoms with Gasteiger partial charge in [-0.25, -0.2) is 0 Å². The molecule has 4 nitrogen and oxygen atoms in total. The van der Waals surface area contributed by atoms with Crippen molar-refractivity contribution in [2.24, 2.45) is 5.73 Å². The summed E-state index contributed by atoms with van der Waals surface area (Å²) in [4.78, 5) is 16.1. The molecule has 2 rings (SSSR count). The lowest BCUT2D eigenvalue weighted by atomic mass is 10.2. The van der Waals surface area contributed by atoms with Crippen molar-refractivity contribution in [3.8, 4) is 0 Å². The van der Waals surface area contributed by atoms with Crippen molar-refractivity contribution >= 4 is 5.91 Å². The van der Waals surface area contributed by atoms with Crippen molar-refractivity contribution in [1.82, 2.24) is 9.80 Å². The fourth-order valence-corrected chi connectivity index (χ4v) is 2.53. The third-order valence-corrected chi connectivity index (χ3v) is 3.25. The third-order valence-electron chi connectivity index (χ3n) is 3.25. The Kier molecular flexibility index (Phi) is 3.03. The maximum absolute atomic E-state index is 11.7. The Bertz CT molecular complexity index is 219. The number of carbonyl (C=O) groups excluding carboxylic acids is 1. The second-order valence-electron chi connectivity index (χ2n) is 4.22. The highest BCUT2D eigenvalue weighted by Gasteiger charge is 2.32. The normalized spacial score (nSPS) is 29.1. The van der Waals surface area contributed by atoms with Crippen LogP contribution >= 0.6 is 0 Å². The van der Waals surface area contributed by atoms with Crippen LogP contribution in [0.3, 0.4) is 0 Å². The highest BCUT2D eigenvalue weighted by Crippen LogP contribution is 2.21. The van der Waals surface area contributed by atoms with Gasteiger partial charge >= 0.3 is 0 Å². The lowest BCUT2D eigenvalue weighted by Crippen LogP contribution is -2.39. The van der Waals surface area contributed by atoms with Crippen LogP contribution in [-0.4, -0.2) is 54.5 Å². The van der Waals surface area contributed by atoms with Gasteiger partial charge in [-0.2, -0.15) is 0 Å². The van der Waals surface area contributed by atoms with Crippen LogP contribution in [-0.2, 0) is 4.79 Å². The van der Waals surface area contributed by atoms with E-state index in [0.717, 1.165) is 26.2 Å². The quantitative estimate of drug-likeness (QED) is 0.658. The molecule has 0 aromatic heterocycles. The van der Waals surface area contributed by atoms with Gasteiger partial charge in [0.25, 0.3) is 0 Å². The summed E-state index contributed by atoms with van der Waals surface area (Å²) in [6, 6.07) is 0.469. The lowest BCUT2D eigenvalue weighted by molar-refractivity contribution is -0.130. The van der Waals surface area contributed by atoms with Crippen LogP contribution in [0.15, 0.2) is 0 Å². The average Bonchev–Trinajstić information content (AvgIpc) is 2.57. The molecule has 1 atom stereocenters. The van der Waals surface area contributed by atoms with E-state index in [1.54, 1.807) is 0 Å². The number of amides is 1. The molecule has 14 heavy (non-hydrogen) atoms. The molecule has 2 fully saturated rings. The molecule has 1 unspecified atom stereocenters. The average molecular weight is 197 g/mol. The molecule has 0 spiro atoms. The molecular formula is C10H19N3O. The summed E-state index contributed by atoms with van der Waals surface area (Å²) in [7, 11) is 0. The summed E-state index contributed by atoms with van der Waals surface area (Å²) in [5, 5.41) is 0. The molecule has 0 radical (unpaired) electrons. The number of nitrogens with two attached hydrogens (primary N) is 1. The van der Waals surface area contributed by atoms with Gasteiger partial charge in [-0.3, -0.25) is 9.69 Å². The zero-order valence-corrected chi connectivity index (χ0v) is 8.61. The van der Waals surface area contributed by atoms with Crippen molar-refractivity contribution in [2.45, 2.75) is 25.3 Å². The Balaban J connectivity index is 2.00. The van der Waals surface area contributed by atoms with Gasteiger partial charge in [0.15, 0.2) is 0 Å². The Labute approximate surface area is 85.0 Å². The van der Waals surface area contributed by atoms with Crippen LogP contribution in [0.1, 0.15) is 19.3 Å². The van der Waals surface area contributed by atoms with E-state index in [4.69, 9.17) is 5.73 Å². The SMILES string of the molecule is NCCN1CCC(=O)N2CCCC2C1. The van der Waals surface area contributed by atoms with E-state index in [9.17, 15) is 4.79 Å². The van der Waals surface area contributed by atoms with E-state index < -0.39 is 0 Å². The van der Waals surface area contributed by atoms with Gasteiger partial charge in [-0.1, -0.05) is 0 Å². The Morgan fingerprint density at radius 1 is 1.43 bits per heavy atom. The molecule has 4 heteroatoms. The molecule has 2 heterocycles. The Morgan fingerprint density at radius 3 is 3.07 bits per heavy atom. The molecule has 0 aliphatic carbocycles. The summed E-state index contributed by atoms with van der Waals surface area (Å²) in [6.45, 7) is 4.52. The van der Waals surface area contributed by atoms with Crippen LogP contribution in [0.5, 0.6) is 0 Å². The predicted octanol–water partition coefficient (Wildman–Crippen LogP) is -0.358. The van der Waals surface area contributed by atoms with Gasteiger partial charge in [0.05, 0.1) is 0 Å². The highest BCUT2D eigenvalue weighted by molar-refractivity contribution is 5.77. The zero-order valence-electron chi connectivity index (χ0n) is 8.61. The van der Waals surface area contributed by atoms with Gasteiger partial charge in [-0.15, -0.1) is 0 Å². The largest absolute Gasteiger partial charge is 0.338 e. The van der Waals surface area contributed by atoms with Crippen molar-refractivity contribution < 1.29 is 4.79 Å². The maximum Gasteiger partial charge on any atom is 0.224 e. The summed E-state index contributed by atoms with van der Waals surface area (Å²) >= 11 is 0. The first kappa shape index (κ1) is 9.93. The summed E-state index contributed by atoms with van der Waals surface area (Å²) in [6.07, 6.45) is 3.02. The molecule has 0 bridgehead atoms. The minimum absolute atomic E-state index is 0.340. The molecule has 2 aliphatic rings. The third kappa shape index (κ3) is 1.91. The minimum atomic E-state index is 0.340. The first-order valence-corrected chi connectivity index (χ1v) is 5.53. The minimum Gasteiger partial charge on any atom is -0.338 e. The number of nitrogens with zero attached hydrogens (tertiary/aromatic N) is 2. The first-order chi connectivity index (χ1) is 6.81. The maximum atomic E-state index is 11.7. The van der Waals surface area contributed by atoms with Crippen LogP contribution in [0.25, 0.3) is 0 Å². The molecule has 2 aliphatic heterocycles. The van der Waals surface area contributed by atoms with Crippen LogP contribution in [0.4, 0.5) is 0 Å². The second-order valence-corrected chi connectivity index (χ2v) is 4.22. The smallest absolute Gasteiger partial charge is 0.224 e. The zero-order chi connectivity index (χ0) is 9.97. The molecule has 80 valence electrons. The van der Waals surface area contributed by atoms with Crippen molar-refractivity contribution in [2.75, 3.05) is 32.7 Å². The predicted molar refractivity (Wildman–Crippen MR) is 54.8 cm³/mol. The fourth-order valence-electron chi connectivity index (χ4n) is 2.53. The number of fused-ring (bicyclic) bond motifs is 1. The van der Waals surface area contributed by atoms with E-state index >= 15 is 0 Å².